The van der Waals surface area contributed by atoms with Crippen LogP contribution in [0.3, 0.4) is 0 Å². The molecule has 1 aromatic carbocycles. The Labute approximate surface area is 124 Å². The van der Waals surface area contributed by atoms with Crippen molar-refractivity contribution in [3.8, 4) is 6.07 Å². The number of amides is 1. The second kappa shape index (κ2) is 6.23. The summed E-state index contributed by atoms with van der Waals surface area (Å²) in [4.78, 5) is 12.5. The molecule has 1 aromatic rings. The first kappa shape index (κ1) is 15.5. The minimum Gasteiger partial charge on any atom is -0.329 e. The lowest BCUT2D eigenvalue weighted by Gasteiger charge is -2.37. The van der Waals surface area contributed by atoms with E-state index < -0.39 is 11.2 Å². The van der Waals surface area contributed by atoms with Gasteiger partial charge < -0.3 is 11.1 Å². The molecule has 21 heavy (non-hydrogen) atoms. The molecule has 1 amide bonds. The van der Waals surface area contributed by atoms with E-state index in [0.717, 1.165) is 25.7 Å². The summed E-state index contributed by atoms with van der Waals surface area (Å²) in [7, 11) is 0. The lowest BCUT2D eigenvalue weighted by molar-refractivity contribution is -0.127. The molecular weight excluding hydrogens is 269 g/mol. The average molecular weight is 289 g/mol. The number of hydrogen-bond acceptors (Lipinski definition) is 3. The number of nitrogens with two attached hydrogens (primary N) is 1. The van der Waals surface area contributed by atoms with E-state index in [1.165, 1.54) is 18.2 Å². The van der Waals surface area contributed by atoms with Crippen molar-refractivity contribution in [2.24, 2.45) is 17.1 Å². The van der Waals surface area contributed by atoms with Crippen LogP contribution >= 0.6 is 0 Å². The Bertz CT molecular complexity index is 571. The van der Waals surface area contributed by atoms with Crippen molar-refractivity contribution in [2.75, 3.05) is 11.9 Å². The van der Waals surface area contributed by atoms with Crippen LogP contribution in [-0.4, -0.2) is 12.5 Å². The van der Waals surface area contributed by atoms with Crippen molar-refractivity contribution >= 4 is 11.6 Å². The second-order valence-corrected chi connectivity index (χ2v) is 5.93. The molecule has 0 radical (unpaired) electrons. The van der Waals surface area contributed by atoms with Crippen LogP contribution in [0.15, 0.2) is 18.2 Å². The van der Waals surface area contributed by atoms with Crippen molar-refractivity contribution in [1.82, 2.24) is 0 Å². The van der Waals surface area contributed by atoms with Gasteiger partial charge in [0.25, 0.3) is 0 Å². The Morgan fingerprint density at radius 1 is 1.52 bits per heavy atom. The molecule has 4 nitrogen and oxygen atoms in total. The van der Waals surface area contributed by atoms with Crippen molar-refractivity contribution in [1.29, 1.82) is 5.26 Å². The molecule has 112 valence electrons. The summed E-state index contributed by atoms with van der Waals surface area (Å²) < 4.78 is 13.3. The number of nitrogens with zero attached hydrogens (tertiary/aromatic N) is 1. The molecule has 5 heteroatoms. The molecule has 0 bridgehead atoms. The zero-order valence-corrected chi connectivity index (χ0v) is 12.2. The molecule has 0 spiro atoms. The largest absolute Gasteiger partial charge is 0.329 e. The summed E-state index contributed by atoms with van der Waals surface area (Å²) in [5.74, 6) is -0.101. The maximum atomic E-state index is 13.3. The fourth-order valence-corrected chi connectivity index (χ4v) is 2.79. The fraction of sp³-hybridized carbons (Fsp3) is 0.500. The number of carbonyl (C=O) groups is 1. The third kappa shape index (κ3) is 3.22. The van der Waals surface area contributed by atoms with Crippen molar-refractivity contribution in [3.63, 3.8) is 0 Å². The van der Waals surface area contributed by atoms with Gasteiger partial charge in [0, 0.05) is 12.2 Å². The molecule has 2 rings (SSSR count). The number of nitriles is 1. The predicted octanol–water partition coefficient (Wildman–Crippen LogP) is 2.79. The summed E-state index contributed by atoms with van der Waals surface area (Å²) in [6.07, 6.45) is 3.50. The highest BCUT2D eigenvalue weighted by atomic mass is 19.1. The number of halogens is 1. The topological polar surface area (TPSA) is 78.9 Å². The highest BCUT2D eigenvalue weighted by Crippen LogP contribution is 2.39. The summed E-state index contributed by atoms with van der Waals surface area (Å²) >= 11 is 0. The van der Waals surface area contributed by atoms with Gasteiger partial charge in [-0.2, -0.15) is 5.26 Å². The minimum absolute atomic E-state index is 0.0770. The van der Waals surface area contributed by atoms with Crippen LogP contribution < -0.4 is 11.1 Å². The van der Waals surface area contributed by atoms with Gasteiger partial charge in [0.1, 0.15) is 11.9 Å². The lowest BCUT2D eigenvalue weighted by atomic mass is 9.70. The van der Waals surface area contributed by atoms with Crippen molar-refractivity contribution < 1.29 is 9.18 Å². The van der Waals surface area contributed by atoms with Gasteiger partial charge in [0.15, 0.2) is 0 Å². The molecular formula is C16H20FN3O. The van der Waals surface area contributed by atoms with Crippen LogP contribution in [0.1, 0.15) is 38.2 Å². The zero-order chi connectivity index (χ0) is 15.5. The summed E-state index contributed by atoms with van der Waals surface area (Å²) in [5.41, 5.74) is 5.65. The van der Waals surface area contributed by atoms with Gasteiger partial charge in [0.05, 0.1) is 11.0 Å². The molecule has 1 fully saturated rings. The highest BCUT2D eigenvalue weighted by molar-refractivity contribution is 5.95. The molecule has 1 saturated carbocycles. The second-order valence-electron chi connectivity index (χ2n) is 5.93. The van der Waals surface area contributed by atoms with Crippen LogP contribution in [0.25, 0.3) is 0 Å². The Hall–Kier alpha value is -1.93. The van der Waals surface area contributed by atoms with Gasteiger partial charge >= 0.3 is 0 Å². The normalized spacial score (nSPS) is 25.1. The highest BCUT2D eigenvalue weighted by Gasteiger charge is 2.39. The van der Waals surface area contributed by atoms with Crippen LogP contribution in [0.4, 0.5) is 10.1 Å². The summed E-state index contributed by atoms with van der Waals surface area (Å²) in [5, 5.41) is 11.6. The van der Waals surface area contributed by atoms with Crippen LogP contribution in [0.5, 0.6) is 0 Å². The molecule has 0 aromatic heterocycles. The summed E-state index contributed by atoms with van der Waals surface area (Å²) in [6, 6.07) is 5.77. The standard InChI is InChI=1S/C16H20FN3O/c1-11-4-6-16(10-19,7-5-11)15(21)20-13-2-3-14(17)12(8-13)9-18/h2-3,8,11H,4-7,10,19H2,1H3,(H,20,21). The number of carbonyl (C=O) groups excluding carboxylic acids is 1. The first-order chi connectivity index (χ1) is 10.0. The first-order valence-corrected chi connectivity index (χ1v) is 7.22. The Morgan fingerprint density at radius 3 is 2.76 bits per heavy atom. The van der Waals surface area contributed by atoms with Gasteiger partial charge in [0.2, 0.25) is 5.91 Å². The van der Waals surface area contributed by atoms with Crippen LogP contribution in [0, 0.1) is 28.5 Å². The quantitative estimate of drug-likeness (QED) is 0.898. The number of rotatable bonds is 3. The average Bonchev–Trinajstić information content (AvgIpc) is 2.50. The van der Waals surface area contributed by atoms with E-state index in [9.17, 15) is 9.18 Å². The number of nitrogens with one attached hydrogen (secondary N) is 1. The third-order valence-electron chi connectivity index (χ3n) is 4.45. The van der Waals surface area contributed by atoms with Gasteiger partial charge in [-0.15, -0.1) is 0 Å². The van der Waals surface area contributed by atoms with Crippen molar-refractivity contribution in [3.05, 3.63) is 29.6 Å². The van der Waals surface area contributed by atoms with E-state index >= 15 is 0 Å². The molecule has 0 aliphatic heterocycles. The molecule has 1 aliphatic carbocycles. The number of hydrogen-bond donors (Lipinski definition) is 2. The smallest absolute Gasteiger partial charge is 0.231 e. The van der Waals surface area contributed by atoms with E-state index in [2.05, 4.69) is 12.2 Å². The van der Waals surface area contributed by atoms with Gasteiger partial charge in [-0.05, 0) is 49.8 Å². The lowest BCUT2D eigenvalue weighted by Crippen LogP contribution is -2.44. The van der Waals surface area contributed by atoms with Crippen LogP contribution in [0.2, 0.25) is 0 Å². The SMILES string of the molecule is CC1CCC(CN)(C(=O)Nc2ccc(F)c(C#N)c2)CC1. The maximum absolute atomic E-state index is 13.3. The Kier molecular flexibility index (Phi) is 4.59. The Balaban J connectivity index is 2.15. The maximum Gasteiger partial charge on any atom is 0.231 e. The molecule has 0 atom stereocenters. The van der Waals surface area contributed by atoms with Gasteiger partial charge in [-0.1, -0.05) is 6.92 Å². The molecule has 3 N–H and O–H groups in total. The number of benzene rings is 1. The van der Waals surface area contributed by atoms with E-state index in [1.54, 1.807) is 6.07 Å². The first-order valence-electron chi connectivity index (χ1n) is 7.22. The minimum atomic E-state index is -0.587. The molecule has 0 heterocycles. The monoisotopic (exact) mass is 289 g/mol. The molecule has 0 unspecified atom stereocenters. The van der Waals surface area contributed by atoms with E-state index in [0.29, 0.717) is 18.2 Å². The zero-order valence-electron chi connectivity index (χ0n) is 12.2. The Morgan fingerprint density at radius 2 is 2.19 bits per heavy atom. The van der Waals surface area contributed by atoms with E-state index in [1.807, 2.05) is 0 Å². The van der Waals surface area contributed by atoms with Gasteiger partial charge in [-0.25, -0.2) is 4.39 Å². The van der Waals surface area contributed by atoms with E-state index in [4.69, 9.17) is 11.0 Å². The van der Waals surface area contributed by atoms with Crippen molar-refractivity contribution in [2.45, 2.75) is 32.6 Å². The predicted molar refractivity (Wildman–Crippen MR) is 78.9 cm³/mol. The summed E-state index contributed by atoms with van der Waals surface area (Å²) in [6.45, 7) is 2.48. The molecule has 1 aliphatic rings. The number of anilines is 1. The fourth-order valence-electron chi connectivity index (χ4n) is 2.79. The van der Waals surface area contributed by atoms with E-state index in [-0.39, 0.29) is 11.5 Å². The third-order valence-corrected chi connectivity index (χ3v) is 4.45. The molecule has 0 saturated heterocycles. The van der Waals surface area contributed by atoms with Crippen LogP contribution in [-0.2, 0) is 4.79 Å². The van der Waals surface area contributed by atoms with Gasteiger partial charge in [-0.3, -0.25) is 4.79 Å².